The average Bonchev–Trinajstić information content (AvgIpc) is 3.31. The molecule has 29 heavy (non-hydrogen) atoms. The minimum absolute atomic E-state index is 0.0216. The van der Waals surface area contributed by atoms with Crippen LogP contribution in [0, 0.1) is 0 Å². The van der Waals surface area contributed by atoms with Gasteiger partial charge >= 0.3 is 5.97 Å². The number of aromatic nitrogens is 3. The Morgan fingerprint density at radius 3 is 2.76 bits per heavy atom. The van der Waals surface area contributed by atoms with Crippen molar-refractivity contribution in [3.63, 3.8) is 0 Å². The van der Waals surface area contributed by atoms with Crippen LogP contribution in [-0.4, -0.2) is 69.4 Å². The van der Waals surface area contributed by atoms with E-state index in [-0.39, 0.29) is 39.6 Å². The number of carbonyl (C=O) groups is 2. The van der Waals surface area contributed by atoms with E-state index in [1.807, 2.05) is 11.8 Å². The number of carbonyl (C=O) groups excluding carboxylic acids is 1. The van der Waals surface area contributed by atoms with Gasteiger partial charge in [0, 0.05) is 20.2 Å². The number of anilines is 1. The van der Waals surface area contributed by atoms with Crippen LogP contribution in [0.25, 0.3) is 0 Å². The number of rotatable bonds is 7. The molecule has 2 aromatic rings. The number of aromatic amines is 1. The van der Waals surface area contributed by atoms with Gasteiger partial charge in [0.25, 0.3) is 5.91 Å². The number of piperidine rings is 1. The van der Waals surface area contributed by atoms with Gasteiger partial charge in [0.2, 0.25) is 0 Å². The van der Waals surface area contributed by atoms with Crippen LogP contribution in [0.3, 0.4) is 0 Å². The highest BCUT2D eigenvalue weighted by Gasteiger charge is 2.33. The molecule has 0 saturated carbocycles. The lowest BCUT2D eigenvalue weighted by Gasteiger charge is -2.37. The zero-order chi connectivity index (χ0) is 21.1. The van der Waals surface area contributed by atoms with Crippen molar-refractivity contribution in [2.24, 2.45) is 0 Å². The minimum Gasteiger partial charge on any atom is -0.477 e. The Bertz CT molecular complexity index is 901. The van der Waals surface area contributed by atoms with Crippen LogP contribution in [0.5, 0.6) is 0 Å². The highest BCUT2D eigenvalue weighted by molar-refractivity contribution is 7.17. The van der Waals surface area contributed by atoms with Crippen molar-refractivity contribution < 1.29 is 24.5 Å². The molecule has 2 unspecified atom stereocenters. The van der Waals surface area contributed by atoms with Gasteiger partial charge in [-0.15, -0.1) is 0 Å². The first kappa shape index (κ1) is 21.5. The van der Waals surface area contributed by atoms with Crippen molar-refractivity contribution in [1.82, 2.24) is 20.3 Å². The minimum atomic E-state index is -1.12. The van der Waals surface area contributed by atoms with E-state index < -0.39 is 12.6 Å². The van der Waals surface area contributed by atoms with E-state index in [2.05, 4.69) is 20.3 Å². The van der Waals surface area contributed by atoms with E-state index in [1.54, 1.807) is 7.11 Å². The van der Waals surface area contributed by atoms with Crippen molar-refractivity contribution in [1.29, 1.82) is 0 Å². The van der Waals surface area contributed by atoms with Crippen LogP contribution < -0.4 is 10.2 Å². The number of ether oxygens (including phenoxy) is 1. The predicted molar refractivity (Wildman–Crippen MR) is 107 cm³/mol. The Kier molecular flexibility index (Phi) is 6.73. The lowest BCUT2D eigenvalue weighted by molar-refractivity contribution is 0.0538. The van der Waals surface area contributed by atoms with Crippen molar-refractivity contribution in [3.05, 3.63) is 27.2 Å². The maximum Gasteiger partial charge on any atom is 0.347 e. The standard InChI is InChI=1S/C17H22ClN5O5S/c1-3-8-13(18)22-14(19-8)15(25)20-9-4-5-23(6-11(9)28-2)17-21-10(7-24)12(29-17)16(26)27/h9,11,24H,3-7H2,1-2H3,(H,19,22)(H,20,25)(H,26,27). The third-order valence-electron chi connectivity index (χ3n) is 4.78. The van der Waals surface area contributed by atoms with Crippen LogP contribution in [0.2, 0.25) is 5.15 Å². The van der Waals surface area contributed by atoms with Crippen LogP contribution in [0.1, 0.15) is 45.0 Å². The van der Waals surface area contributed by atoms with Crippen LogP contribution in [0.4, 0.5) is 5.13 Å². The lowest BCUT2D eigenvalue weighted by atomic mass is 10.0. The number of nitrogens with one attached hydrogen (secondary N) is 2. The summed E-state index contributed by atoms with van der Waals surface area (Å²) in [5, 5.41) is 22.3. The number of carboxylic acid groups (broad SMARTS) is 1. The average molecular weight is 444 g/mol. The monoisotopic (exact) mass is 443 g/mol. The number of aromatic carboxylic acids is 1. The number of halogens is 1. The van der Waals surface area contributed by atoms with Crippen molar-refractivity contribution in [2.45, 2.75) is 38.5 Å². The molecule has 4 N–H and O–H groups in total. The molecule has 3 rings (SSSR count). The van der Waals surface area contributed by atoms with Crippen LogP contribution >= 0.6 is 22.9 Å². The number of carboxylic acids is 1. The number of aliphatic hydroxyl groups is 1. The Morgan fingerprint density at radius 2 is 2.21 bits per heavy atom. The molecule has 1 amide bonds. The predicted octanol–water partition coefficient (Wildman–Crippen LogP) is 1.30. The second kappa shape index (κ2) is 9.08. The summed E-state index contributed by atoms with van der Waals surface area (Å²) in [6, 6.07) is -0.256. The molecule has 10 nitrogen and oxygen atoms in total. The van der Waals surface area contributed by atoms with E-state index in [0.717, 1.165) is 11.3 Å². The smallest absolute Gasteiger partial charge is 0.347 e. The molecular weight excluding hydrogens is 422 g/mol. The van der Waals surface area contributed by atoms with Gasteiger partial charge in [-0.1, -0.05) is 29.9 Å². The van der Waals surface area contributed by atoms with E-state index >= 15 is 0 Å². The fourth-order valence-electron chi connectivity index (χ4n) is 3.21. The van der Waals surface area contributed by atoms with Crippen molar-refractivity contribution in [2.75, 3.05) is 25.1 Å². The number of aliphatic hydroxyl groups excluding tert-OH is 1. The molecule has 0 aliphatic carbocycles. The van der Waals surface area contributed by atoms with Crippen molar-refractivity contribution >= 4 is 39.9 Å². The summed E-state index contributed by atoms with van der Waals surface area (Å²) >= 11 is 7.02. The summed E-state index contributed by atoms with van der Waals surface area (Å²) in [6.45, 7) is 2.43. The molecule has 1 aliphatic heterocycles. The molecular formula is C17H22ClN5O5S. The summed E-state index contributed by atoms with van der Waals surface area (Å²) in [4.78, 5) is 37.0. The lowest BCUT2D eigenvalue weighted by Crippen LogP contribution is -2.55. The fraction of sp³-hybridized carbons (Fsp3) is 0.529. The summed E-state index contributed by atoms with van der Waals surface area (Å²) in [5.41, 5.74) is 0.843. The molecule has 158 valence electrons. The van der Waals surface area contributed by atoms with E-state index in [9.17, 15) is 19.8 Å². The number of hydrogen-bond acceptors (Lipinski definition) is 8. The molecule has 0 radical (unpaired) electrons. The topological polar surface area (TPSA) is 141 Å². The number of methoxy groups -OCH3 is 1. The van der Waals surface area contributed by atoms with E-state index in [1.165, 1.54) is 0 Å². The molecule has 2 atom stereocenters. The Hall–Kier alpha value is -2.21. The summed E-state index contributed by atoms with van der Waals surface area (Å²) < 4.78 is 5.55. The van der Waals surface area contributed by atoms with Crippen molar-refractivity contribution in [3.8, 4) is 0 Å². The number of thiazole rings is 1. The highest BCUT2D eigenvalue weighted by atomic mass is 35.5. The molecule has 1 saturated heterocycles. The Labute approximate surface area is 175 Å². The SMILES string of the molecule is CCc1[nH]c(C(=O)NC2CCN(c3nc(CO)c(C(=O)O)s3)CC2OC)nc1Cl. The second-order valence-corrected chi connectivity index (χ2v) is 7.87. The quantitative estimate of drug-likeness (QED) is 0.501. The highest BCUT2D eigenvalue weighted by Crippen LogP contribution is 2.29. The second-order valence-electron chi connectivity index (χ2n) is 6.53. The number of nitrogens with zero attached hydrogens (tertiary/aromatic N) is 3. The zero-order valence-corrected chi connectivity index (χ0v) is 17.5. The molecule has 0 spiro atoms. The van der Waals surface area contributed by atoms with Gasteiger partial charge in [0.15, 0.2) is 16.1 Å². The van der Waals surface area contributed by atoms with Gasteiger partial charge in [-0.3, -0.25) is 4.79 Å². The Balaban J connectivity index is 1.69. The van der Waals surface area contributed by atoms with E-state index in [4.69, 9.17) is 16.3 Å². The van der Waals surface area contributed by atoms with Crippen LogP contribution in [-0.2, 0) is 17.8 Å². The van der Waals surface area contributed by atoms with Gasteiger partial charge in [0.05, 0.1) is 30.1 Å². The molecule has 0 bridgehead atoms. The van der Waals surface area contributed by atoms with E-state index in [0.29, 0.717) is 36.8 Å². The van der Waals surface area contributed by atoms with Gasteiger partial charge in [-0.2, -0.15) is 0 Å². The number of imidazole rings is 1. The first-order valence-electron chi connectivity index (χ1n) is 9.04. The molecule has 1 fully saturated rings. The first-order chi connectivity index (χ1) is 13.9. The molecule has 2 aromatic heterocycles. The molecule has 0 aromatic carbocycles. The van der Waals surface area contributed by atoms with Gasteiger partial charge < -0.3 is 30.2 Å². The van der Waals surface area contributed by atoms with Gasteiger partial charge in [-0.05, 0) is 12.8 Å². The number of hydrogen-bond donors (Lipinski definition) is 4. The molecule has 3 heterocycles. The first-order valence-corrected chi connectivity index (χ1v) is 10.2. The zero-order valence-electron chi connectivity index (χ0n) is 15.9. The van der Waals surface area contributed by atoms with Gasteiger partial charge in [-0.25, -0.2) is 14.8 Å². The van der Waals surface area contributed by atoms with Gasteiger partial charge in [0.1, 0.15) is 4.88 Å². The number of aryl methyl sites for hydroxylation is 1. The summed E-state index contributed by atoms with van der Waals surface area (Å²) in [5.74, 6) is -1.33. The third kappa shape index (κ3) is 4.53. The Morgan fingerprint density at radius 1 is 1.45 bits per heavy atom. The third-order valence-corrected chi connectivity index (χ3v) is 6.23. The number of H-pyrrole nitrogens is 1. The normalized spacial score (nSPS) is 19.4. The summed E-state index contributed by atoms with van der Waals surface area (Å²) in [6.07, 6.45) is 0.870. The maximum atomic E-state index is 12.5. The summed E-state index contributed by atoms with van der Waals surface area (Å²) in [7, 11) is 1.55. The molecule has 12 heteroatoms. The number of amides is 1. The largest absolute Gasteiger partial charge is 0.477 e. The van der Waals surface area contributed by atoms with Crippen LogP contribution in [0.15, 0.2) is 0 Å². The maximum absolute atomic E-state index is 12.5. The molecule has 1 aliphatic rings. The fourth-order valence-corrected chi connectivity index (χ4v) is 4.42.